The van der Waals surface area contributed by atoms with Crippen LogP contribution in [0.5, 0.6) is 0 Å². The summed E-state index contributed by atoms with van der Waals surface area (Å²) < 4.78 is 38.0. The number of allylic oxidation sites excluding steroid dienone is 1. The molecule has 0 aromatic rings. The molecule has 0 aromatic carbocycles. The minimum atomic E-state index is -4.41. The van der Waals surface area contributed by atoms with Crippen LogP contribution in [0.3, 0.4) is 0 Å². The van der Waals surface area contributed by atoms with Gasteiger partial charge in [-0.05, 0) is 6.92 Å². The molecular formula is C11H21N3O5S. The zero-order valence-corrected chi connectivity index (χ0v) is 13.6. The van der Waals surface area contributed by atoms with E-state index in [1.54, 1.807) is 14.0 Å². The zero-order valence-electron chi connectivity index (χ0n) is 12.8. The van der Waals surface area contributed by atoms with Crippen molar-refractivity contribution in [2.24, 2.45) is 0 Å². The molecule has 0 unspecified atom stereocenters. The van der Waals surface area contributed by atoms with Crippen molar-refractivity contribution in [1.82, 2.24) is 4.90 Å². The second-order valence-electron chi connectivity index (χ2n) is 3.93. The first-order valence-corrected chi connectivity index (χ1v) is 6.73. The molecule has 116 valence electrons. The number of methoxy groups -OCH3 is 1. The molecule has 0 N–H and O–H groups in total. The van der Waals surface area contributed by atoms with E-state index in [1.807, 2.05) is 37.7 Å². The van der Waals surface area contributed by atoms with Gasteiger partial charge in [-0.3, -0.25) is 13.7 Å². The summed E-state index contributed by atoms with van der Waals surface area (Å²) in [7, 11) is 5.55. The quantitative estimate of drug-likeness (QED) is 0.135. The van der Waals surface area contributed by atoms with Crippen LogP contribution in [-0.4, -0.2) is 70.7 Å². The fraction of sp³-hybridized carbons (Fsp3) is 0.636. The Bertz CT molecular complexity index is 511. The summed E-state index contributed by atoms with van der Waals surface area (Å²) in [5.41, 5.74) is 0.558. The molecule has 0 saturated heterocycles. The summed E-state index contributed by atoms with van der Waals surface area (Å²) in [6, 6.07) is 2.15. The van der Waals surface area contributed by atoms with Gasteiger partial charge in [0, 0.05) is 0 Å². The van der Waals surface area contributed by atoms with Gasteiger partial charge in [-0.15, -0.1) is 0 Å². The van der Waals surface area contributed by atoms with Gasteiger partial charge in [0.2, 0.25) is 10.4 Å². The van der Waals surface area contributed by atoms with Gasteiger partial charge in [-0.1, -0.05) is 0 Å². The van der Waals surface area contributed by atoms with Crippen molar-refractivity contribution in [3.63, 3.8) is 0 Å². The maximum atomic E-state index is 9.22. The molecule has 0 radical (unpaired) electrons. The topological polar surface area (TPSA) is 106 Å². The molecule has 8 nitrogen and oxygen atoms in total. The van der Waals surface area contributed by atoms with E-state index < -0.39 is 10.4 Å². The molecule has 0 spiro atoms. The van der Waals surface area contributed by atoms with E-state index in [4.69, 9.17) is 10.00 Å². The highest BCUT2D eigenvalue weighted by atomic mass is 32.3. The molecule has 0 atom stereocenters. The molecule has 0 aliphatic heterocycles. The Balaban J connectivity index is 0. The maximum absolute atomic E-state index is 9.22. The van der Waals surface area contributed by atoms with Gasteiger partial charge >= 0.3 is 0 Å². The Morgan fingerprint density at radius 2 is 1.70 bits per heavy atom. The average molecular weight is 307 g/mol. The van der Waals surface area contributed by atoms with Crippen molar-refractivity contribution >= 4 is 16.2 Å². The second-order valence-corrected chi connectivity index (χ2v) is 5.08. The molecule has 0 bridgehead atoms. The fourth-order valence-corrected chi connectivity index (χ4v) is 1.24. The third-order valence-corrected chi connectivity index (χ3v) is 2.45. The molecular weight excluding hydrogens is 286 g/mol. The molecule has 0 amide bonds. The van der Waals surface area contributed by atoms with Crippen molar-refractivity contribution < 1.29 is 26.5 Å². The van der Waals surface area contributed by atoms with E-state index in [-0.39, 0.29) is 0 Å². The number of rotatable bonds is 3. The molecule has 0 aliphatic rings. The highest BCUT2D eigenvalue weighted by Gasteiger charge is 2.21. The van der Waals surface area contributed by atoms with Gasteiger partial charge in [0.15, 0.2) is 5.57 Å². The van der Waals surface area contributed by atoms with Crippen LogP contribution in [0.15, 0.2) is 11.3 Å². The molecule has 0 fully saturated rings. The van der Waals surface area contributed by atoms with E-state index in [9.17, 15) is 13.0 Å². The first-order chi connectivity index (χ1) is 9.01. The van der Waals surface area contributed by atoms with Crippen LogP contribution in [0, 0.1) is 11.3 Å². The number of hydrogen-bond acceptors (Lipinski definition) is 6. The molecule has 20 heavy (non-hydrogen) atoms. The van der Waals surface area contributed by atoms with Crippen molar-refractivity contribution in [1.29, 1.82) is 5.26 Å². The van der Waals surface area contributed by atoms with Crippen molar-refractivity contribution in [2.75, 3.05) is 42.4 Å². The van der Waals surface area contributed by atoms with Gasteiger partial charge in [-0.2, -0.15) is 5.26 Å². The third-order valence-electron chi connectivity index (χ3n) is 2.04. The number of hydrogen-bond donors (Lipinski definition) is 0. The Morgan fingerprint density at radius 1 is 1.30 bits per heavy atom. The SMILES string of the molecule is CO/C(C)=C(/C#N)C(N(C)C)=[N+](C)C.COS(=O)(=O)[O-]. The monoisotopic (exact) mass is 307 g/mol. The minimum Gasteiger partial charge on any atom is -0.726 e. The van der Waals surface area contributed by atoms with Gasteiger partial charge in [-0.25, -0.2) is 8.42 Å². The van der Waals surface area contributed by atoms with E-state index in [0.29, 0.717) is 11.3 Å². The number of nitriles is 1. The van der Waals surface area contributed by atoms with E-state index >= 15 is 0 Å². The van der Waals surface area contributed by atoms with Crippen LogP contribution >= 0.6 is 0 Å². The first-order valence-electron chi connectivity index (χ1n) is 5.40. The first kappa shape index (κ1) is 20.7. The summed E-state index contributed by atoms with van der Waals surface area (Å²) in [6.45, 7) is 1.78. The fourth-order valence-electron chi connectivity index (χ4n) is 1.24. The van der Waals surface area contributed by atoms with Crippen LogP contribution in [0.4, 0.5) is 0 Å². The molecule has 0 heterocycles. The van der Waals surface area contributed by atoms with Crippen LogP contribution in [0.25, 0.3) is 0 Å². The summed E-state index contributed by atoms with van der Waals surface area (Å²) in [4.78, 5) is 1.89. The third kappa shape index (κ3) is 8.47. The lowest BCUT2D eigenvalue weighted by molar-refractivity contribution is -0.469. The number of nitrogens with zero attached hydrogens (tertiary/aromatic N) is 3. The van der Waals surface area contributed by atoms with Gasteiger partial charge in [0.05, 0.1) is 42.4 Å². The lowest BCUT2D eigenvalue weighted by Gasteiger charge is -2.11. The Kier molecular flexibility index (Phi) is 9.62. The number of likely N-dealkylation sites (N-methyl/N-ethyl adjacent to an activating group) is 1. The normalized spacial score (nSPS) is 11.3. The molecule has 0 aliphatic carbocycles. The predicted molar refractivity (Wildman–Crippen MR) is 72.8 cm³/mol. The summed E-state index contributed by atoms with van der Waals surface area (Å²) in [5.74, 6) is 1.47. The molecule has 0 aromatic heterocycles. The van der Waals surface area contributed by atoms with E-state index in [1.165, 1.54) is 0 Å². The van der Waals surface area contributed by atoms with Gasteiger partial charge in [0.25, 0.3) is 5.84 Å². The molecule has 9 heteroatoms. The standard InChI is InChI=1S/C10H18N3O.CH4O4S/c1-8(14-6)9(7-11)10(12(2)3)13(4)5;1-5-6(2,3)4/h1-6H3;1H3,(H,2,3,4)/q+1;/p-1/b9-8-;. The second kappa shape index (κ2) is 9.30. The Morgan fingerprint density at radius 3 is 1.85 bits per heavy atom. The summed E-state index contributed by atoms with van der Waals surface area (Å²) in [5, 5.41) is 9.03. The van der Waals surface area contributed by atoms with Crippen molar-refractivity contribution in [3.05, 3.63) is 11.3 Å². The lowest BCUT2D eigenvalue weighted by atomic mass is 10.2. The predicted octanol–water partition coefficient (Wildman–Crippen LogP) is -0.244. The Labute approximate surface area is 120 Å². The highest BCUT2D eigenvalue weighted by Crippen LogP contribution is 2.07. The van der Waals surface area contributed by atoms with Crippen LogP contribution in [0.1, 0.15) is 6.92 Å². The van der Waals surface area contributed by atoms with Crippen molar-refractivity contribution in [3.8, 4) is 6.07 Å². The van der Waals surface area contributed by atoms with Crippen LogP contribution < -0.4 is 0 Å². The number of ether oxygens (including phenoxy) is 1. The van der Waals surface area contributed by atoms with Crippen LogP contribution in [0.2, 0.25) is 0 Å². The smallest absolute Gasteiger partial charge is 0.292 e. The summed E-state index contributed by atoms with van der Waals surface area (Å²) >= 11 is 0. The van der Waals surface area contributed by atoms with Crippen molar-refractivity contribution in [2.45, 2.75) is 6.92 Å². The minimum absolute atomic E-state index is 0.558. The zero-order chi connectivity index (χ0) is 16.5. The Hall–Kier alpha value is -1.63. The molecule has 0 rings (SSSR count). The van der Waals surface area contributed by atoms with E-state index in [0.717, 1.165) is 12.9 Å². The van der Waals surface area contributed by atoms with Gasteiger partial charge in [0.1, 0.15) is 11.8 Å². The highest BCUT2D eigenvalue weighted by molar-refractivity contribution is 7.80. The average Bonchev–Trinajstić information content (AvgIpc) is 2.33. The summed E-state index contributed by atoms with van der Waals surface area (Å²) in [6.07, 6.45) is 0. The maximum Gasteiger partial charge on any atom is 0.292 e. The number of amidine groups is 1. The van der Waals surface area contributed by atoms with Crippen LogP contribution in [-0.2, 0) is 19.3 Å². The van der Waals surface area contributed by atoms with E-state index in [2.05, 4.69) is 10.3 Å². The lowest BCUT2D eigenvalue weighted by Crippen LogP contribution is -2.31. The molecule has 0 saturated carbocycles. The van der Waals surface area contributed by atoms with Gasteiger partial charge < -0.3 is 9.29 Å². The largest absolute Gasteiger partial charge is 0.726 e.